The van der Waals surface area contributed by atoms with Crippen LogP contribution in [-0.4, -0.2) is 15.2 Å². The van der Waals surface area contributed by atoms with Gasteiger partial charge in [-0.3, -0.25) is 0 Å². The van der Waals surface area contributed by atoms with Crippen molar-refractivity contribution in [1.82, 2.24) is 15.2 Å². The van der Waals surface area contributed by atoms with Crippen LogP contribution >= 0.6 is 27.3 Å². The van der Waals surface area contributed by atoms with Crippen molar-refractivity contribution in [2.75, 3.05) is 0 Å². The number of nitrogens with zero attached hydrogens (tertiary/aromatic N) is 3. The predicted molar refractivity (Wildman–Crippen MR) is 62.1 cm³/mol. The maximum atomic E-state index is 5.54. The van der Waals surface area contributed by atoms with Crippen LogP contribution in [0.2, 0.25) is 0 Å². The smallest absolute Gasteiger partial charge is 0.259 e. The van der Waals surface area contributed by atoms with Crippen molar-refractivity contribution in [3.63, 3.8) is 0 Å². The third-order valence-corrected chi connectivity index (χ3v) is 3.84. The minimum absolute atomic E-state index is 0.132. The molecular formula is C9H10BrN3OS. The van der Waals surface area contributed by atoms with Crippen LogP contribution in [0.15, 0.2) is 10.6 Å². The van der Waals surface area contributed by atoms with Crippen molar-refractivity contribution >= 4 is 27.3 Å². The van der Waals surface area contributed by atoms with Crippen LogP contribution in [0.25, 0.3) is 10.8 Å². The maximum absolute atomic E-state index is 5.54. The first-order chi connectivity index (χ1) is 7.20. The van der Waals surface area contributed by atoms with Crippen LogP contribution in [0.5, 0.6) is 0 Å². The van der Waals surface area contributed by atoms with E-state index in [4.69, 9.17) is 4.42 Å². The minimum Gasteiger partial charge on any atom is -0.419 e. The van der Waals surface area contributed by atoms with Crippen molar-refractivity contribution in [3.05, 3.63) is 17.1 Å². The van der Waals surface area contributed by atoms with Gasteiger partial charge < -0.3 is 4.42 Å². The number of hydrogen-bond acceptors (Lipinski definition) is 5. The third kappa shape index (κ3) is 2.26. The van der Waals surface area contributed by atoms with Crippen molar-refractivity contribution in [3.8, 4) is 10.8 Å². The second-order valence-corrected chi connectivity index (χ2v) is 5.40. The quantitative estimate of drug-likeness (QED) is 0.813. The Morgan fingerprint density at radius 3 is 2.93 bits per heavy atom. The van der Waals surface area contributed by atoms with Gasteiger partial charge >= 0.3 is 0 Å². The molecule has 0 N–H and O–H groups in total. The summed E-state index contributed by atoms with van der Waals surface area (Å²) in [5.41, 5.74) is 0. The molecule has 0 aliphatic carbocycles. The molecule has 2 rings (SSSR count). The van der Waals surface area contributed by atoms with E-state index in [-0.39, 0.29) is 4.83 Å². The van der Waals surface area contributed by atoms with Gasteiger partial charge in [0.15, 0.2) is 0 Å². The average molecular weight is 288 g/mol. The van der Waals surface area contributed by atoms with Gasteiger partial charge in [-0.2, -0.15) is 0 Å². The van der Waals surface area contributed by atoms with Gasteiger partial charge in [-0.25, -0.2) is 4.98 Å². The molecule has 2 aromatic heterocycles. The molecule has 0 saturated carbocycles. The Morgan fingerprint density at radius 2 is 2.33 bits per heavy atom. The van der Waals surface area contributed by atoms with Gasteiger partial charge in [-0.15, -0.1) is 21.5 Å². The molecule has 0 radical (unpaired) electrons. The minimum atomic E-state index is 0.132. The number of halogens is 1. The molecule has 0 aliphatic heterocycles. The number of alkyl halides is 1. The second kappa shape index (κ2) is 4.40. The molecule has 0 saturated heterocycles. The van der Waals surface area contributed by atoms with Crippen LogP contribution < -0.4 is 0 Å². The van der Waals surface area contributed by atoms with Crippen LogP contribution in [0.1, 0.15) is 29.1 Å². The Labute approximate surface area is 99.9 Å². The zero-order valence-corrected chi connectivity index (χ0v) is 10.8. The molecule has 0 aromatic carbocycles. The first-order valence-electron chi connectivity index (χ1n) is 4.61. The van der Waals surface area contributed by atoms with E-state index in [0.29, 0.717) is 11.8 Å². The van der Waals surface area contributed by atoms with E-state index in [1.54, 1.807) is 17.5 Å². The summed E-state index contributed by atoms with van der Waals surface area (Å²) in [5.74, 6) is 1.17. The fourth-order valence-electron chi connectivity index (χ4n) is 1.10. The van der Waals surface area contributed by atoms with Crippen LogP contribution in [0.3, 0.4) is 0 Å². The molecule has 1 atom stereocenters. The summed E-state index contributed by atoms with van der Waals surface area (Å²) < 4.78 is 5.54. The molecule has 2 aromatic rings. The Bertz CT molecular complexity index is 454. The van der Waals surface area contributed by atoms with E-state index in [9.17, 15) is 0 Å². The molecular weight excluding hydrogens is 278 g/mol. The molecule has 0 amide bonds. The Balaban J connectivity index is 2.27. The highest BCUT2D eigenvalue weighted by molar-refractivity contribution is 9.09. The van der Waals surface area contributed by atoms with Crippen molar-refractivity contribution in [2.45, 2.75) is 25.1 Å². The summed E-state index contributed by atoms with van der Waals surface area (Å²) in [6.07, 6.45) is 2.68. The van der Waals surface area contributed by atoms with Crippen LogP contribution in [0, 0.1) is 6.92 Å². The lowest BCUT2D eigenvalue weighted by Crippen LogP contribution is -1.86. The highest BCUT2D eigenvalue weighted by atomic mass is 79.9. The SMILES string of the molecule is CCC(Br)c1nnc(-c2cnc(C)s2)o1. The third-order valence-electron chi connectivity index (χ3n) is 1.90. The first-order valence-corrected chi connectivity index (χ1v) is 6.34. The van der Waals surface area contributed by atoms with E-state index in [0.717, 1.165) is 16.3 Å². The van der Waals surface area contributed by atoms with Gasteiger partial charge in [0.2, 0.25) is 5.89 Å². The lowest BCUT2D eigenvalue weighted by molar-refractivity contribution is 0.501. The van der Waals surface area contributed by atoms with E-state index in [1.165, 1.54) is 0 Å². The molecule has 0 spiro atoms. The van der Waals surface area contributed by atoms with Crippen molar-refractivity contribution in [1.29, 1.82) is 0 Å². The number of thiazole rings is 1. The predicted octanol–water partition coefficient (Wildman–Crippen LogP) is 3.35. The Kier molecular flexibility index (Phi) is 3.16. The van der Waals surface area contributed by atoms with Gasteiger partial charge in [-0.05, 0) is 13.3 Å². The molecule has 80 valence electrons. The van der Waals surface area contributed by atoms with E-state index >= 15 is 0 Å². The summed E-state index contributed by atoms with van der Waals surface area (Å²) in [6.45, 7) is 4.00. The molecule has 1 unspecified atom stereocenters. The fraction of sp³-hybridized carbons (Fsp3) is 0.444. The summed E-state index contributed by atoms with van der Waals surface area (Å²) in [6, 6.07) is 0. The van der Waals surface area contributed by atoms with Crippen LogP contribution in [0.4, 0.5) is 0 Å². The van der Waals surface area contributed by atoms with Gasteiger partial charge in [0.1, 0.15) is 4.88 Å². The molecule has 4 nitrogen and oxygen atoms in total. The zero-order valence-electron chi connectivity index (χ0n) is 8.40. The monoisotopic (exact) mass is 287 g/mol. The largest absolute Gasteiger partial charge is 0.419 e. The average Bonchev–Trinajstić information content (AvgIpc) is 2.84. The number of rotatable bonds is 3. The summed E-state index contributed by atoms with van der Waals surface area (Å²) >= 11 is 5.02. The Hall–Kier alpha value is -0.750. The normalized spacial score (nSPS) is 13.0. The zero-order chi connectivity index (χ0) is 10.8. The number of hydrogen-bond donors (Lipinski definition) is 0. The van der Waals surface area contributed by atoms with E-state index in [2.05, 4.69) is 38.0 Å². The lowest BCUT2D eigenvalue weighted by Gasteiger charge is -1.97. The van der Waals surface area contributed by atoms with Crippen LogP contribution in [-0.2, 0) is 0 Å². The Morgan fingerprint density at radius 1 is 1.53 bits per heavy atom. The standard InChI is InChI=1S/C9H10BrN3OS/c1-3-6(10)8-12-13-9(14-8)7-4-11-5(2)15-7/h4,6H,3H2,1-2H3. The molecule has 0 bridgehead atoms. The molecule has 6 heteroatoms. The molecule has 0 aliphatic rings. The van der Waals surface area contributed by atoms with Gasteiger partial charge in [0.25, 0.3) is 5.89 Å². The van der Waals surface area contributed by atoms with Gasteiger partial charge in [-0.1, -0.05) is 22.9 Å². The first kappa shape index (κ1) is 10.8. The second-order valence-electron chi connectivity index (χ2n) is 3.06. The summed E-state index contributed by atoms with van der Waals surface area (Å²) in [4.78, 5) is 5.20. The van der Waals surface area contributed by atoms with Crippen molar-refractivity contribution < 1.29 is 4.42 Å². The fourth-order valence-corrected chi connectivity index (χ4v) is 1.98. The number of aromatic nitrogens is 3. The topological polar surface area (TPSA) is 51.8 Å². The molecule has 15 heavy (non-hydrogen) atoms. The van der Waals surface area contributed by atoms with Crippen molar-refractivity contribution in [2.24, 2.45) is 0 Å². The van der Waals surface area contributed by atoms with Gasteiger partial charge in [0.05, 0.1) is 16.0 Å². The van der Waals surface area contributed by atoms with Gasteiger partial charge in [0, 0.05) is 0 Å². The molecule has 2 heterocycles. The summed E-state index contributed by atoms with van der Waals surface area (Å²) in [7, 11) is 0. The number of aryl methyl sites for hydroxylation is 1. The lowest BCUT2D eigenvalue weighted by atomic mass is 10.3. The highest BCUT2D eigenvalue weighted by Crippen LogP contribution is 2.29. The van der Waals surface area contributed by atoms with E-state index in [1.807, 2.05) is 6.92 Å². The summed E-state index contributed by atoms with van der Waals surface area (Å²) in [5, 5.41) is 8.98. The molecule has 0 fully saturated rings. The highest BCUT2D eigenvalue weighted by Gasteiger charge is 2.15. The maximum Gasteiger partial charge on any atom is 0.259 e. The van der Waals surface area contributed by atoms with E-state index < -0.39 is 0 Å².